The van der Waals surface area contributed by atoms with Gasteiger partial charge in [-0.15, -0.1) is 5.10 Å². The molecule has 1 amide bonds. The summed E-state index contributed by atoms with van der Waals surface area (Å²) in [6.45, 7) is 2.47. The van der Waals surface area contributed by atoms with Crippen LogP contribution in [-0.4, -0.2) is 57.1 Å². The molecule has 0 radical (unpaired) electrons. The second-order valence-electron chi connectivity index (χ2n) is 9.57. The average Bonchev–Trinajstić information content (AvgIpc) is 3.38. The van der Waals surface area contributed by atoms with Gasteiger partial charge in [-0.3, -0.25) is 4.79 Å². The van der Waals surface area contributed by atoms with E-state index in [4.69, 9.17) is 4.74 Å². The quantitative estimate of drug-likeness (QED) is 0.420. The van der Waals surface area contributed by atoms with E-state index in [1.165, 1.54) is 32.1 Å². The predicted molar refractivity (Wildman–Crippen MR) is 139 cm³/mol. The van der Waals surface area contributed by atoms with Crippen LogP contribution in [-0.2, 0) is 4.74 Å². The minimum atomic E-state index is 0.0438. The summed E-state index contributed by atoms with van der Waals surface area (Å²) in [6.07, 6.45) is 7.98. The molecular formula is C28H30N6O2. The highest BCUT2D eigenvalue weighted by Gasteiger charge is 2.20. The first-order valence-corrected chi connectivity index (χ1v) is 12.8. The van der Waals surface area contributed by atoms with Crippen molar-refractivity contribution in [2.24, 2.45) is 0 Å². The molecule has 8 nitrogen and oxygen atoms in total. The molecule has 2 aromatic carbocycles. The van der Waals surface area contributed by atoms with Gasteiger partial charge in [0, 0.05) is 30.5 Å². The predicted octanol–water partition coefficient (Wildman–Crippen LogP) is 5.21. The van der Waals surface area contributed by atoms with Crippen molar-refractivity contribution in [3.8, 4) is 11.1 Å². The maximum Gasteiger partial charge on any atom is 0.254 e. The van der Waals surface area contributed by atoms with E-state index in [2.05, 4.69) is 43.5 Å². The lowest BCUT2D eigenvalue weighted by atomic mass is 9.95. The molecule has 3 heterocycles. The van der Waals surface area contributed by atoms with Crippen LogP contribution in [0.15, 0.2) is 60.8 Å². The molecule has 0 spiro atoms. The van der Waals surface area contributed by atoms with E-state index >= 15 is 0 Å². The molecule has 1 saturated heterocycles. The monoisotopic (exact) mass is 482 g/mol. The summed E-state index contributed by atoms with van der Waals surface area (Å²) in [5, 5.41) is 12.3. The standard InChI is InChI=1S/C28H30N6O2/c35-28(33-14-16-36-17-15-33)20-6-9-23(10-7-20)30-27-19-22(12-13-29-27)21-8-11-25-26(18-21)34(32-31-25)24-4-2-1-3-5-24/h6-13,18-19,24H,1-5,14-17H2,(H,29,30). The average molecular weight is 483 g/mol. The van der Waals surface area contributed by atoms with Crippen molar-refractivity contribution in [1.29, 1.82) is 0 Å². The van der Waals surface area contributed by atoms with Crippen molar-refractivity contribution in [1.82, 2.24) is 24.9 Å². The van der Waals surface area contributed by atoms with Crippen LogP contribution >= 0.6 is 0 Å². The third-order valence-electron chi connectivity index (χ3n) is 7.19. The largest absolute Gasteiger partial charge is 0.378 e. The summed E-state index contributed by atoms with van der Waals surface area (Å²) in [5.74, 6) is 0.793. The SMILES string of the molecule is O=C(c1ccc(Nc2cc(-c3ccc4nnn(C5CCCCC5)c4c3)ccn2)cc1)N1CCOCC1. The number of carbonyl (C=O) groups is 1. The zero-order valence-corrected chi connectivity index (χ0v) is 20.3. The molecular weight excluding hydrogens is 452 g/mol. The first-order chi connectivity index (χ1) is 17.7. The first-order valence-electron chi connectivity index (χ1n) is 12.8. The summed E-state index contributed by atoms with van der Waals surface area (Å²) in [5.41, 5.74) is 5.77. The molecule has 2 fully saturated rings. The molecule has 36 heavy (non-hydrogen) atoms. The minimum Gasteiger partial charge on any atom is -0.378 e. The van der Waals surface area contributed by atoms with Gasteiger partial charge < -0.3 is 15.0 Å². The van der Waals surface area contributed by atoms with Crippen molar-refractivity contribution >= 4 is 28.4 Å². The van der Waals surface area contributed by atoms with E-state index in [0.717, 1.165) is 33.7 Å². The van der Waals surface area contributed by atoms with Crippen molar-refractivity contribution in [2.75, 3.05) is 31.6 Å². The van der Waals surface area contributed by atoms with Gasteiger partial charge in [-0.05, 0) is 72.5 Å². The summed E-state index contributed by atoms with van der Waals surface area (Å²) in [7, 11) is 0. The number of hydrogen-bond donors (Lipinski definition) is 1. The topological polar surface area (TPSA) is 85.2 Å². The molecule has 1 N–H and O–H groups in total. The van der Waals surface area contributed by atoms with E-state index in [1.54, 1.807) is 0 Å². The van der Waals surface area contributed by atoms with Gasteiger partial charge in [-0.1, -0.05) is 30.5 Å². The van der Waals surface area contributed by atoms with Crippen LogP contribution < -0.4 is 5.32 Å². The van der Waals surface area contributed by atoms with Gasteiger partial charge >= 0.3 is 0 Å². The molecule has 184 valence electrons. The van der Waals surface area contributed by atoms with Gasteiger partial charge in [0.15, 0.2) is 0 Å². The third-order valence-corrected chi connectivity index (χ3v) is 7.19. The van der Waals surface area contributed by atoms with Crippen molar-refractivity contribution in [2.45, 2.75) is 38.1 Å². The van der Waals surface area contributed by atoms with Crippen LogP contribution in [0.4, 0.5) is 11.5 Å². The number of nitrogens with zero attached hydrogens (tertiary/aromatic N) is 5. The molecule has 2 aliphatic rings. The van der Waals surface area contributed by atoms with Crippen LogP contribution in [0.5, 0.6) is 0 Å². The fraction of sp³-hybridized carbons (Fsp3) is 0.357. The third kappa shape index (κ3) is 4.68. The Hall–Kier alpha value is -3.78. The van der Waals surface area contributed by atoms with E-state index in [0.29, 0.717) is 37.9 Å². The number of morpholine rings is 1. The molecule has 4 aromatic rings. The lowest BCUT2D eigenvalue weighted by Gasteiger charge is -2.26. The van der Waals surface area contributed by atoms with Crippen LogP contribution in [0.1, 0.15) is 48.5 Å². The summed E-state index contributed by atoms with van der Waals surface area (Å²) in [4.78, 5) is 19.0. The Morgan fingerprint density at radius 2 is 1.69 bits per heavy atom. The van der Waals surface area contributed by atoms with Gasteiger partial charge in [0.25, 0.3) is 5.91 Å². The zero-order valence-electron chi connectivity index (χ0n) is 20.3. The number of pyridine rings is 1. The number of rotatable bonds is 5. The Bertz CT molecular complexity index is 1350. The number of amides is 1. The van der Waals surface area contributed by atoms with Crippen LogP contribution in [0, 0.1) is 0 Å². The molecule has 0 unspecified atom stereocenters. The Balaban J connectivity index is 1.20. The number of fused-ring (bicyclic) bond motifs is 1. The number of ether oxygens (including phenoxy) is 1. The number of aromatic nitrogens is 4. The number of nitrogens with one attached hydrogen (secondary N) is 1. The molecule has 2 aromatic heterocycles. The molecule has 8 heteroatoms. The summed E-state index contributed by atoms with van der Waals surface area (Å²) in [6, 6.07) is 18.4. The molecule has 6 rings (SSSR count). The minimum absolute atomic E-state index is 0.0438. The van der Waals surface area contributed by atoms with Gasteiger partial charge in [0.2, 0.25) is 0 Å². The van der Waals surface area contributed by atoms with Gasteiger partial charge in [-0.25, -0.2) is 9.67 Å². The summed E-state index contributed by atoms with van der Waals surface area (Å²) < 4.78 is 7.47. The summed E-state index contributed by atoms with van der Waals surface area (Å²) >= 11 is 0. The smallest absolute Gasteiger partial charge is 0.254 e. The van der Waals surface area contributed by atoms with Gasteiger partial charge in [0.05, 0.1) is 24.8 Å². The lowest BCUT2D eigenvalue weighted by Crippen LogP contribution is -2.40. The Morgan fingerprint density at radius 1 is 0.917 bits per heavy atom. The first kappa shape index (κ1) is 22.7. The Labute approximate surface area is 210 Å². The Morgan fingerprint density at radius 3 is 2.50 bits per heavy atom. The highest BCUT2D eigenvalue weighted by molar-refractivity contribution is 5.94. The highest BCUT2D eigenvalue weighted by Crippen LogP contribution is 2.32. The number of anilines is 2. The molecule has 0 bridgehead atoms. The van der Waals surface area contributed by atoms with Crippen LogP contribution in [0.3, 0.4) is 0 Å². The fourth-order valence-corrected chi connectivity index (χ4v) is 5.18. The number of benzene rings is 2. The molecule has 1 aliphatic heterocycles. The number of hydrogen-bond acceptors (Lipinski definition) is 6. The normalized spacial score (nSPS) is 16.8. The Kier molecular flexibility index (Phi) is 6.34. The fourth-order valence-electron chi connectivity index (χ4n) is 5.18. The van der Waals surface area contributed by atoms with E-state index < -0.39 is 0 Å². The van der Waals surface area contributed by atoms with Crippen LogP contribution in [0.2, 0.25) is 0 Å². The molecule has 0 atom stereocenters. The second kappa shape index (κ2) is 10.1. The zero-order chi connectivity index (χ0) is 24.3. The van der Waals surface area contributed by atoms with E-state index in [1.807, 2.05) is 47.5 Å². The molecule has 1 aliphatic carbocycles. The second-order valence-corrected chi connectivity index (χ2v) is 9.57. The van der Waals surface area contributed by atoms with E-state index in [9.17, 15) is 4.79 Å². The van der Waals surface area contributed by atoms with Gasteiger partial charge in [0.1, 0.15) is 11.3 Å². The highest BCUT2D eigenvalue weighted by atomic mass is 16.5. The van der Waals surface area contributed by atoms with Crippen molar-refractivity contribution < 1.29 is 9.53 Å². The van der Waals surface area contributed by atoms with Crippen molar-refractivity contribution in [3.05, 3.63) is 66.4 Å². The number of carbonyl (C=O) groups excluding carboxylic acids is 1. The van der Waals surface area contributed by atoms with Gasteiger partial charge in [-0.2, -0.15) is 0 Å². The lowest BCUT2D eigenvalue weighted by molar-refractivity contribution is 0.0303. The maximum atomic E-state index is 12.7. The van der Waals surface area contributed by atoms with E-state index in [-0.39, 0.29) is 5.91 Å². The molecule has 1 saturated carbocycles. The van der Waals surface area contributed by atoms with Crippen molar-refractivity contribution in [3.63, 3.8) is 0 Å². The maximum absolute atomic E-state index is 12.7. The van der Waals surface area contributed by atoms with Crippen LogP contribution in [0.25, 0.3) is 22.2 Å².